The lowest BCUT2D eigenvalue weighted by molar-refractivity contribution is 0.158. The second kappa shape index (κ2) is 8.28. The zero-order valence-corrected chi connectivity index (χ0v) is 12.3. The van der Waals surface area contributed by atoms with Gasteiger partial charge in [-0.3, -0.25) is 4.90 Å². The minimum atomic E-state index is 0.582. The van der Waals surface area contributed by atoms with Crippen LogP contribution < -0.4 is 5.32 Å². The van der Waals surface area contributed by atoms with Gasteiger partial charge in [0.1, 0.15) is 0 Å². The molecule has 0 aromatic heterocycles. The lowest BCUT2D eigenvalue weighted by Crippen LogP contribution is -2.42. The SMILES string of the molecule is CC.CCNC1CCN(C)C(c2ccccc2)C1. The Morgan fingerprint density at radius 2 is 1.89 bits per heavy atom. The Balaban J connectivity index is 0.000000771. The lowest BCUT2D eigenvalue weighted by atomic mass is 9.92. The third-order valence-electron chi connectivity index (χ3n) is 3.55. The van der Waals surface area contributed by atoms with E-state index in [1.54, 1.807) is 0 Å². The van der Waals surface area contributed by atoms with Crippen molar-refractivity contribution in [3.05, 3.63) is 35.9 Å². The highest BCUT2D eigenvalue weighted by molar-refractivity contribution is 5.19. The number of rotatable bonds is 3. The van der Waals surface area contributed by atoms with Crippen LogP contribution in [0, 0.1) is 0 Å². The summed E-state index contributed by atoms with van der Waals surface area (Å²) in [6.07, 6.45) is 2.50. The van der Waals surface area contributed by atoms with Gasteiger partial charge in [-0.05, 0) is 38.5 Å². The van der Waals surface area contributed by atoms with E-state index in [0.29, 0.717) is 12.1 Å². The number of nitrogens with zero attached hydrogens (tertiary/aromatic N) is 1. The zero-order valence-electron chi connectivity index (χ0n) is 12.3. The van der Waals surface area contributed by atoms with Crippen molar-refractivity contribution < 1.29 is 0 Å². The number of benzene rings is 1. The molecule has 1 heterocycles. The summed E-state index contributed by atoms with van der Waals surface area (Å²) < 4.78 is 0. The average Bonchev–Trinajstić information content (AvgIpc) is 2.44. The highest BCUT2D eigenvalue weighted by atomic mass is 15.1. The first-order chi connectivity index (χ1) is 8.81. The maximum Gasteiger partial charge on any atom is 0.0359 e. The Morgan fingerprint density at radius 1 is 1.22 bits per heavy atom. The van der Waals surface area contributed by atoms with E-state index in [-0.39, 0.29) is 0 Å². The second-order valence-corrected chi connectivity index (χ2v) is 4.69. The van der Waals surface area contributed by atoms with Gasteiger partial charge >= 0.3 is 0 Å². The summed E-state index contributed by atoms with van der Waals surface area (Å²) in [7, 11) is 2.24. The maximum absolute atomic E-state index is 3.58. The van der Waals surface area contributed by atoms with Crippen LogP contribution >= 0.6 is 0 Å². The summed E-state index contributed by atoms with van der Waals surface area (Å²) in [5, 5.41) is 3.58. The quantitative estimate of drug-likeness (QED) is 0.881. The molecule has 0 radical (unpaired) electrons. The molecule has 18 heavy (non-hydrogen) atoms. The standard InChI is InChI=1S/C14H22N2.C2H6/c1-3-15-13-9-10-16(2)14(11-13)12-7-5-4-6-8-12;1-2/h4-8,13-15H,3,9-11H2,1-2H3;1-2H3. The Labute approximate surface area is 112 Å². The van der Waals surface area contributed by atoms with Crippen molar-refractivity contribution in [1.82, 2.24) is 10.2 Å². The van der Waals surface area contributed by atoms with Crippen molar-refractivity contribution >= 4 is 0 Å². The molecule has 1 aromatic rings. The van der Waals surface area contributed by atoms with E-state index in [0.717, 1.165) is 6.54 Å². The van der Waals surface area contributed by atoms with Crippen molar-refractivity contribution in [2.75, 3.05) is 20.1 Å². The van der Waals surface area contributed by atoms with Crippen LogP contribution in [0.5, 0.6) is 0 Å². The summed E-state index contributed by atoms with van der Waals surface area (Å²) in [6, 6.07) is 12.1. The summed E-state index contributed by atoms with van der Waals surface area (Å²) in [5.74, 6) is 0. The van der Waals surface area contributed by atoms with Crippen molar-refractivity contribution in [1.29, 1.82) is 0 Å². The van der Waals surface area contributed by atoms with E-state index in [2.05, 4.69) is 54.5 Å². The van der Waals surface area contributed by atoms with E-state index < -0.39 is 0 Å². The fourth-order valence-corrected chi connectivity index (χ4v) is 2.62. The van der Waals surface area contributed by atoms with E-state index in [4.69, 9.17) is 0 Å². The topological polar surface area (TPSA) is 15.3 Å². The largest absolute Gasteiger partial charge is 0.314 e. The molecule has 0 saturated carbocycles. The lowest BCUT2D eigenvalue weighted by Gasteiger charge is -2.37. The van der Waals surface area contributed by atoms with Gasteiger partial charge in [-0.2, -0.15) is 0 Å². The molecule has 0 aliphatic carbocycles. The van der Waals surface area contributed by atoms with Gasteiger partial charge in [-0.25, -0.2) is 0 Å². The summed E-state index contributed by atoms with van der Waals surface area (Å²) in [4.78, 5) is 2.48. The van der Waals surface area contributed by atoms with Crippen LogP contribution in [0.1, 0.15) is 45.2 Å². The fourth-order valence-electron chi connectivity index (χ4n) is 2.62. The maximum atomic E-state index is 3.58. The number of hydrogen-bond acceptors (Lipinski definition) is 2. The molecule has 0 amide bonds. The van der Waals surface area contributed by atoms with Crippen LogP contribution in [-0.4, -0.2) is 31.1 Å². The zero-order chi connectivity index (χ0) is 13.4. The van der Waals surface area contributed by atoms with Gasteiger partial charge in [0.05, 0.1) is 0 Å². The second-order valence-electron chi connectivity index (χ2n) is 4.69. The Kier molecular flexibility index (Phi) is 6.99. The number of hydrogen-bond donors (Lipinski definition) is 1. The van der Waals surface area contributed by atoms with Crippen molar-refractivity contribution in [2.24, 2.45) is 0 Å². The highest BCUT2D eigenvalue weighted by Crippen LogP contribution is 2.29. The minimum Gasteiger partial charge on any atom is -0.314 e. The number of nitrogens with one attached hydrogen (secondary N) is 1. The van der Waals surface area contributed by atoms with Crippen molar-refractivity contribution in [2.45, 2.75) is 45.7 Å². The number of likely N-dealkylation sites (tertiary alicyclic amines) is 1. The van der Waals surface area contributed by atoms with E-state index in [9.17, 15) is 0 Å². The summed E-state index contributed by atoms with van der Waals surface area (Å²) >= 11 is 0. The first-order valence-electron chi connectivity index (χ1n) is 7.30. The van der Waals surface area contributed by atoms with Gasteiger partial charge in [-0.1, -0.05) is 51.1 Å². The van der Waals surface area contributed by atoms with Crippen LogP contribution in [0.4, 0.5) is 0 Å². The third-order valence-corrected chi connectivity index (χ3v) is 3.55. The van der Waals surface area contributed by atoms with Crippen molar-refractivity contribution in [3.63, 3.8) is 0 Å². The predicted molar refractivity (Wildman–Crippen MR) is 79.9 cm³/mol. The molecule has 1 aromatic carbocycles. The first kappa shape index (κ1) is 15.2. The first-order valence-corrected chi connectivity index (χ1v) is 7.30. The van der Waals surface area contributed by atoms with Crippen LogP contribution in [0.3, 0.4) is 0 Å². The average molecular weight is 248 g/mol. The molecular formula is C16H28N2. The fraction of sp³-hybridized carbons (Fsp3) is 0.625. The van der Waals surface area contributed by atoms with E-state index in [1.807, 2.05) is 13.8 Å². The predicted octanol–water partition coefficient (Wildman–Crippen LogP) is 3.46. The van der Waals surface area contributed by atoms with E-state index in [1.165, 1.54) is 24.9 Å². The molecule has 2 rings (SSSR count). The third kappa shape index (κ3) is 4.11. The molecule has 2 heteroatoms. The Morgan fingerprint density at radius 3 is 2.50 bits per heavy atom. The van der Waals surface area contributed by atoms with Crippen LogP contribution in [0.15, 0.2) is 30.3 Å². The van der Waals surface area contributed by atoms with Crippen LogP contribution in [0.2, 0.25) is 0 Å². The molecule has 1 N–H and O–H groups in total. The molecule has 1 aliphatic rings. The normalized spacial score (nSPS) is 24.2. The molecule has 1 saturated heterocycles. The molecule has 2 nitrogen and oxygen atoms in total. The van der Waals surface area contributed by atoms with Gasteiger partial charge in [0, 0.05) is 12.1 Å². The van der Waals surface area contributed by atoms with Crippen LogP contribution in [-0.2, 0) is 0 Å². The molecule has 2 unspecified atom stereocenters. The molecule has 1 fully saturated rings. The molecule has 102 valence electrons. The molecule has 0 bridgehead atoms. The summed E-state index contributed by atoms with van der Waals surface area (Å²) in [5.41, 5.74) is 1.45. The Hall–Kier alpha value is -0.860. The molecule has 2 atom stereocenters. The highest BCUT2D eigenvalue weighted by Gasteiger charge is 2.26. The minimum absolute atomic E-state index is 0.582. The van der Waals surface area contributed by atoms with Crippen molar-refractivity contribution in [3.8, 4) is 0 Å². The van der Waals surface area contributed by atoms with Gasteiger partial charge in [0.25, 0.3) is 0 Å². The Bertz CT molecular complexity index is 310. The van der Waals surface area contributed by atoms with Gasteiger partial charge in [-0.15, -0.1) is 0 Å². The molecular weight excluding hydrogens is 220 g/mol. The smallest absolute Gasteiger partial charge is 0.0359 e. The van der Waals surface area contributed by atoms with Gasteiger partial charge in [0.15, 0.2) is 0 Å². The number of piperidine rings is 1. The van der Waals surface area contributed by atoms with Crippen LogP contribution in [0.25, 0.3) is 0 Å². The summed E-state index contributed by atoms with van der Waals surface area (Å²) in [6.45, 7) is 8.46. The van der Waals surface area contributed by atoms with Gasteiger partial charge < -0.3 is 5.32 Å². The molecule has 0 spiro atoms. The van der Waals surface area contributed by atoms with Gasteiger partial charge in [0.2, 0.25) is 0 Å². The monoisotopic (exact) mass is 248 g/mol. The molecule has 1 aliphatic heterocycles. The van der Waals surface area contributed by atoms with E-state index >= 15 is 0 Å².